The molecule has 0 atom stereocenters. The van der Waals surface area contributed by atoms with Crippen LogP contribution >= 0.6 is 0 Å². The summed E-state index contributed by atoms with van der Waals surface area (Å²) < 4.78 is 23.1. The molecule has 0 bridgehead atoms. The summed E-state index contributed by atoms with van der Waals surface area (Å²) in [5.74, 6) is 0. The largest absolute Gasteiger partial charge is 0.398 e. The summed E-state index contributed by atoms with van der Waals surface area (Å²) in [7, 11) is -3.54. The van der Waals surface area contributed by atoms with Gasteiger partial charge in [0.25, 0.3) is 0 Å². The van der Waals surface area contributed by atoms with E-state index in [1.165, 1.54) is 12.1 Å². The van der Waals surface area contributed by atoms with Crippen molar-refractivity contribution in [1.82, 2.24) is 0 Å². The number of hydrogen-bond donors (Lipinski definition) is 1. The van der Waals surface area contributed by atoms with Crippen molar-refractivity contribution in [2.24, 2.45) is 0 Å². The fraction of sp³-hybridized carbons (Fsp3) is 0.100. The number of nitrogens with two attached hydrogens (primary N) is 1. The Balaban J connectivity index is 3.24. The third-order valence-electron chi connectivity index (χ3n) is 1.90. The number of anilines is 1. The van der Waals surface area contributed by atoms with E-state index >= 15 is 0 Å². The Morgan fingerprint density at radius 1 is 1.47 bits per heavy atom. The number of nitrogens with zero attached hydrogens (tertiary/aromatic N) is 1. The molecular formula is C10H10N2O2S. The number of aryl methyl sites for hydroxylation is 1. The molecule has 5 heteroatoms. The quantitative estimate of drug-likeness (QED) is 0.605. The Labute approximate surface area is 88.6 Å². The van der Waals surface area contributed by atoms with Crippen LogP contribution in [-0.4, -0.2) is 8.42 Å². The highest BCUT2D eigenvalue weighted by molar-refractivity contribution is 7.94. The van der Waals surface area contributed by atoms with Gasteiger partial charge in [0, 0.05) is 17.2 Å². The van der Waals surface area contributed by atoms with Crippen molar-refractivity contribution in [3.63, 3.8) is 0 Å². The zero-order valence-corrected chi connectivity index (χ0v) is 8.95. The van der Waals surface area contributed by atoms with E-state index in [4.69, 9.17) is 11.0 Å². The maximum absolute atomic E-state index is 11.6. The number of sulfone groups is 1. The van der Waals surface area contributed by atoms with Crippen LogP contribution in [0.2, 0.25) is 0 Å². The fourth-order valence-electron chi connectivity index (χ4n) is 0.994. The van der Waals surface area contributed by atoms with Gasteiger partial charge in [-0.15, -0.1) is 0 Å². The Morgan fingerprint density at radius 3 is 2.67 bits per heavy atom. The molecule has 1 aromatic carbocycles. The first-order valence-electron chi connectivity index (χ1n) is 4.15. The van der Waals surface area contributed by atoms with Crippen molar-refractivity contribution in [3.05, 3.63) is 35.2 Å². The maximum Gasteiger partial charge on any atom is 0.200 e. The molecule has 0 unspecified atom stereocenters. The van der Waals surface area contributed by atoms with Gasteiger partial charge >= 0.3 is 0 Å². The lowest BCUT2D eigenvalue weighted by Gasteiger charge is -2.02. The Kier molecular flexibility index (Phi) is 3.12. The smallest absolute Gasteiger partial charge is 0.200 e. The summed E-state index contributed by atoms with van der Waals surface area (Å²) in [6.45, 7) is 1.79. The normalized spacial score (nSPS) is 11.5. The lowest BCUT2D eigenvalue weighted by molar-refractivity contribution is 0.604. The molecule has 0 heterocycles. The van der Waals surface area contributed by atoms with Gasteiger partial charge in [-0.05, 0) is 24.6 Å². The van der Waals surface area contributed by atoms with Crippen LogP contribution in [0.1, 0.15) is 5.56 Å². The van der Waals surface area contributed by atoms with Gasteiger partial charge in [-0.1, -0.05) is 6.07 Å². The Morgan fingerprint density at radius 2 is 2.13 bits per heavy atom. The molecular weight excluding hydrogens is 212 g/mol. The molecule has 1 rings (SSSR count). The number of nitrogen functional groups attached to an aromatic ring is 1. The van der Waals surface area contributed by atoms with Gasteiger partial charge in [0.15, 0.2) is 0 Å². The average Bonchev–Trinajstić information content (AvgIpc) is 2.19. The molecule has 0 aromatic heterocycles. The van der Waals surface area contributed by atoms with E-state index < -0.39 is 9.84 Å². The first-order valence-corrected chi connectivity index (χ1v) is 5.69. The third-order valence-corrected chi connectivity index (χ3v) is 3.31. The van der Waals surface area contributed by atoms with E-state index in [0.29, 0.717) is 5.69 Å². The van der Waals surface area contributed by atoms with Crippen LogP contribution in [0.4, 0.5) is 5.69 Å². The summed E-state index contributed by atoms with van der Waals surface area (Å²) in [5.41, 5.74) is 6.83. The van der Waals surface area contributed by atoms with Crippen LogP contribution in [0.5, 0.6) is 0 Å². The number of rotatable bonds is 2. The maximum atomic E-state index is 11.6. The minimum Gasteiger partial charge on any atom is -0.398 e. The summed E-state index contributed by atoms with van der Waals surface area (Å²) in [5, 5.41) is 9.11. The predicted octanol–water partition coefficient (Wildman–Crippen LogP) is 1.39. The van der Waals surface area contributed by atoms with Crippen LogP contribution in [0.3, 0.4) is 0 Å². The average molecular weight is 222 g/mol. The van der Waals surface area contributed by atoms with Crippen molar-refractivity contribution in [2.75, 3.05) is 5.73 Å². The van der Waals surface area contributed by atoms with Gasteiger partial charge in [0.05, 0.1) is 11.0 Å². The molecule has 0 amide bonds. The first kappa shape index (κ1) is 11.3. The van der Waals surface area contributed by atoms with E-state index in [2.05, 4.69) is 0 Å². The fourth-order valence-corrected chi connectivity index (χ4v) is 1.94. The molecule has 15 heavy (non-hydrogen) atoms. The SMILES string of the molecule is Cc1ccc(S(=O)(=O)C=CC#N)cc1N. The lowest BCUT2D eigenvalue weighted by Crippen LogP contribution is -1.98. The van der Waals surface area contributed by atoms with Crippen LogP contribution < -0.4 is 5.73 Å². The second kappa shape index (κ2) is 4.15. The minimum atomic E-state index is -3.54. The van der Waals surface area contributed by atoms with E-state index in [1.807, 2.05) is 0 Å². The topological polar surface area (TPSA) is 84.0 Å². The third kappa shape index (κ3) is 2.58. The van der Waals surface area contributed by atoms with Crippen molar-refractivity contribution >= 4 is 15.5 Å². The number of hydrogen-bond acceptors (Lipinski definition) is 4. The molecule has 0 saturated carbocycles. The molecule has 0 aliphatic rings. The van der Waals surface area contributed by atoms with Gasteiger partial charge < -0.3 is 5.73 Å². The van der Waals surface area contributed by atoms with E-state index in [9.17, 15) is 8.42 Å². The predicted molar refractivity (Wildman–Crippen MR) is 57.5 cm³/mol. The molecule has 2 N–H and O–H groups in total. The van der Waals surface area contributed by atoms with Gasteiger partial charge in [-0.3, -0.25) is 0 Å². The lowest BCUT2D eigenvalue weighted by atomic mass is 10.2. The van der Waals surface area contributed by atoms with Crippen LogP contribution in [0.25, 0.3) is 0 Å². The molecule has 4 nitrogen and oxygen atoms in total. The number of benzene rings is 1. The highest BCUT2D eigenvalue weighted by Crippen LogP contribution is 2.18. The van der Waals surface area contributed by atoms with Crippen LogP contribution in [0, 0.1) is 18.3 Å². The van der Waals surface area contributed by atoms with Crippen molar-refractivity contribution in [3.8, 4) is 6.07 Å². The van der Waals surface area contributed by atoms with E-state index in [-0.39, 0.29) is 4.90 Å². The molecule has 0 saturated heterocycles. The molecule has 0 aliphatic carbocycles. The van der Waals surface area contributed by atoms with Crippen LogP contribution in [0.15, 0.2) is 34.6 Å². The van der Waals surface area contributed by atoms with Gasteiger partial charge in [-0.2, -0.15) is 5.26 Å². The Hall–Kier alpha value is -1.80. The first-order chi connectivity index (χ1) is 6.97. The summed E-state index contributed by atoms with van der Waals surface area (Å²) in [6.07, 6.45) is 0.922. The highest BCUT2D eigenvalue weighted by Gasteiger charge is 2.10. The second-order valence-corrected chi connectivity index (χ2v) is 4.83. The molecule has 0 spiro atoms. The standard InChI is InChI=1S/C10H10N2O2S/c1-8-3-4-9(7-10(8)12)15(13,14)6-2-5-11/h2-4,6-7H,12H2,1H3. The van der Waals surface area contributed by atoms with Crippen molar-refractivity contribution in [1.29, 1.82) is 5.26 Å². The zero-order valence-electron chi connectivity index (χ0n) is 8.14. The zero-order chi connectivity index (χ0) is 11.5. The van der Waals surface area contributed by atoms with Gasteiger partial charge in [0.2, 0.25) is 9.84 Å². The molecule has 0 aliphatic heterocycles. The van der Waals surface area contributed by atoms with E-state index in [1.54, 1.807) is 19.1 Å². The highest BCUT2D eigenvalue weighted by atomic mass is 32.2. The minimum absolute atomic E-state index is 0.0945. The van der Waals surface area contributed by atoms with Crippen molar-refractivity contribution in [2.45, 2.75) is 11.8 Å². The molecule has 1 aromatic rings. The molecule has 78 valence electrons. The van der Waals surface area contributed by atoms with Crippen molar-refractivity contribution < 1.29 is 8.42 Å². The number of nitriles is 1. The molecule has 0 radical (unpaired) electrons. The van der Waals surface area contributed by atoms with E-state index in [0.717, 1.165) is 17.0 Å². The van der Waals surface area contributed by atoms with Crippen LogP contribution in [-0.2, 0) is 9.84 Å². The number of allylic oxidation sites excluding steroid dienone is 1. The summed E-state index contributed by atoms with van der Waals surface area (Å²) >= 11 is 0. The Bertz CT molecular complexity index is 539. The second-order valence-electron chi connectivity index (χ2n) is 3.00. The van der Waals surface area contributed by atoms with Gasteiger partial charge in [-0.25, -0.2) is 8.42 Å². The molecule has 0 fully saturated rings. The monoisotopic (exact) mass is 222 g/mol. The van der Waals surface area contributed by atoms with Gasteiger partial charge in [0.1, 0.15) is 0 Å². The summed E-state index contributed by atoms with van der Waals surface area (Å²) in [4.78, 5) is 0.0945. The summed E-state index contributed by atoms with van der Waals surface area (Å²) in [6, 6.07) is 6.10.